The first-order valence-corrected chi connectivity index (χ1v) is 6.89. The lowest BCUT2D eigenvalue weighted by atomic mass is 9.90. The van der Waals surface area contributed by atoms with E-state index in [1.807, 2.05) is 18.2 Å². The van der Waals surface area contributed by atoms with E-state index in [4.69, 9.17) is 18.0 Å². The number of nitrogens with one attached hydrogen (secondary N) is 1. The molecule has 0 unspecified atom stereocenters. The normalized spacial score (nSPS) is 11.3. The van der Waals surface area contributed by atoms with Crippen molar-refractivity contribution in [2.45, 2.75) is 27.2 Å². The molecule has 0 aliphatic heterocycles. The zero-order chi connectivity index (χ0) is 13.1. The van der Waals surface area contributed by atoms with E-state index in [9.17, 15) is 0 Å². The quantitative estimate of drug-likeness (QED) is 0.809. The van der Waals surface area contributed by atoms with Crippen molar-refractivity contribution in [1.82, 2.24) is 0 Å². The highest BCUT2D eigenvalue weighted by atomic mass is 79.9. The maximum Gasteiger partial charge on any atom is 0.104 e. The number of rotatable bonds is 5. The second kappa shape index (κ2) is 5.83. The van der Waals surface area contributed by atoms with Crippen LogP contribution in [0.25, 0.3) is 0 Å². The van der Waals surface area contributed by atoms with Gasteiger partial charge in [0.2, 0.25) is 0 Å². The third-order valence-electron chi connectivity index (χ3n) is 2.97. The standard InChI is InChI=1S/C13H19BrN2S/c1-4-13(2,3)8-16-11-6-5-9(12(15)17)7-10(11)14/h5-7,16H,4,8H2,1-3H3,(H2,15,17). The largest absolute Gasteiger partial charge is 0.389 e. The minimum Gasteiger partial charge on any atom is -0.389 e. The summed E-state index contributed by atoms with van der Waals surface area (Å²) in [5.41, 5.74) is 7.84. The average Bonchev–Trinajstić information content (AvgIpc) is 2.27. The van der Waals surface area contributed by atoms with E-state index in [1.54, 1.807) is 0 Å². The molecule has 2 nitrogen and oxygen atoms in total. The highest BCUT2D eigenvalue weighted by Crippen LogP contribution is 2.26. The zero-order valence-electron chi connectivity index (χ0n) is 10.5. The van der Waals surface area contributed by atoms with Crippen LogP contribution in [0.2, 0.25) is 0 Å². The van der Waals surface area contributed by atoms with Crippen LogP contribution in [0.3, 0.4) is 0 Å². The Kier molecular flexibility index (Phi) is 4.95. The molecule has 17 heavy (non-hydrogen) atoms. The Morgan fingerprint density at radius 3 is 2.59 bits per heavy atom. The first-order valence-electron chi connectivity index (χ1n) is 5.69. The Morgan fingerprint density at radius 1 is 1.47 bits per heavy atom. The Balaban J connectivity index is 2.77. The summed E-state index contributed by atoms with van der Waals surface area (Å²) in [4.78, 5) is 0.422. The molecule has 1 aromatic carbocycles. The molecule has 0 saturated carbocycles. The topological polar surface area (TPSA) is 38.0 Å². The van der Waals surface area contributed by atoms with Gasteiger partial charge in [0.15, 0.2) is 0 Å². The lowest BCUT2D eigenvalue weighted by Gasteiger charge is -2.24. The molecule has 0 aliphatic rings. The van der Waals surface area contributed by atoms with Crippen LogP contribution >= 0.6 is 28.1 Å². The molecule has 0 aromatic heterocycles. The molecular formula is C13H19BrN2S. The molecule has 0 aliphatic carbocycles. The van der Waals surface area contributed by atoms with Gasteiger partial charge in [-0.1, -0.05) is 33.0 Å². The Bertz CT molecular complexity index is 416. The minimum atomic E-state index is 0.293. The predicted octanol–water partition coefficient (Wildman–Crippen LogP) is 3.93. The van der Waals surface area contributed by atoms with Crippen LogP contribution in [0.4, 0.5) is 5.69 Å². The van der Waals surface area contributed by atoms with E-state index >= 15 is 0 Å². The molecule has 1 rings (SSSR count). The molecule has 3 N–H and O–H groups in total. The number of halogens is 1. The van der Waals surface area contributed by atoms with Crippen molar-refractivity contribution in [2.75, 3.05) is 11.9 Å². The monoisotopic (exact) mass is 314 g/mol. The molecule has 0 amide bonds. The fourth-order valence-electron chi connectivity index (χ4n) is 1.27. The molecule has 0 saturated heterocycles. The van der Waals surface area contributed by atoms with Gasteiger partial charge in [0.1, 0.15) is 4.99 Å². The summed E-state index contributed by atoms with van der Waals surface area (Å²) in [7, 11) is 0. The maximum absolute atomic E-state index is 5.59. The van der Waals surface area contributed by atoms with Crippen LogP contribution in [0.1, 0.15) is 32.8 Å². The first kappa shape index (κ1) is 14.5. The Labute approximate surface area is 117 Å². The summed E-state index contributed by atoms with van der Waals surface area (Å²) in [6.45, 7) is 7.63. The van der Waals surface area contributed by atoms with Crippen molar-refractivity contribution >= 4 is 38.8 Å². The van der Waals surface area contributed by atoms with Crippen molar-refractivity contribution in [3.8, 4) is 0 Å². The number of anilines is 1. The smallest absolute Gasteiger partial charge is 0.104 e. The van der Waals surface area contributed by atoms with Crippen molar-refractivity contribution in [1.29, 1.82) is 0 Å². The van der Waals surface area contributed by atoms with Gasteiger partial charge in [-0.15, -0.1) is 0 Å². The molecular weight excluding hydrogens is 296 g/mol. The van der Waals surface area contributed by atoms with Crippen molar-refractivity contribution in [3.63, 3.8) is 0 Å². The average molecular weight is 315 g/mol. The molecule has 0 heterocycles. The molecule has 4 heteroatoms. The van der Waals surface area contributed by atoms with Crippen LogP contribution in [0, 0.1) is 5.41 Å². The number of benzene rings is 1. The third kappa shape index (κ3) is 4.28. The molecule has 0 fully saturated rings. The van der Waals surface area contributed by atoms with Gasteiger partial charge in [-0.3, -0.25) is 0 Å². The second-order valence-corrected chi connectivity index (χ2v) is 6.22. The summed E-state index contributed by atoms with van der Waals surface area (Å²) in [6, 6.07) is 5.89. The minimum absolute atomic E-state index is 0.293. The van der Waals surface area contributed by atoms with Gasteiger partial charge in [-0.2, -0.15) is 0 Å². The molecule has 0 bridgehead atoms. The number of hydrogen-bond acceptors (Lipinski definition) is 2. The number of hydrogen-bond donors (Lipinski definition) is 2. The van der Waals surface area contributed by atoms with Gasteiger partial charge in [-0.05, 0) is 46.0 Å². The van der Waals surface area contributed by atoms with E-state index in [0.29, 0.717) is 10.4 Å². The van der Waals surface area contributed by atoms with Crippen LogP contribution in [-0.4, -0.2) is 11.5 Å². The fraction of sp³-hybridized carbons (Fsp3) is 0.462. The van der Waals surface area contributed by atoms with Gasteiger partial charge in [0.25, 0.3) is 0 Å². The summed E-state index contributed by atoms with van der Waals surface area (Å²) in [5, 5.41) is 3.44. The number of nitrogens with two attached hydrogens (primary N) is 1. The van der Waals surface area contributed by atoms with E-state index in [-0.39, 0.29) is 0 Å². The molecule has 0 radical (unpaired) electrons. The van der Waals surface area contributed by atoms with Crippen LogP contribution in [-0.2, 0) is 0 Å². The van der Waals surface area contributed by atoms with Crippen molar-refractivity contribution in [2.24, 2.45) is 11.1 Å². The molecule has 0 atom stereocenters. The van der Waals surface area contributed by atoms with Crippen molar-refractivity contribution in [3.05, 3.63) is 28.2 Å². The highest BCUT2D eigenvalue weighted by molar-refractivity contribution is 9.10. The number of thiocarbonyl (C=S) groups is 1. The van der Waals surface area contributed by atoms with Gasteiger partial charge < -0.3 is 11.1 Å². The van der Waals surface area contributed by atoms with E-state index in [2.05, 4.69) is 42.0 Å². The molecule has 0 spiro atoms. The van der Waals surface area contributed by atoms with Crippen molar-refractivity contribution < 1.29 is 0 Å². The zero-order valence-corrected chi connectivity index (χ0v) is 12.9. The van der Waals surface area contributed by atoms with Crippen LogP contribution in [0.5, 0.6) is 0 Å². The first-order chi connectivity index (χ1) is 7.85. The van der Waals surface area contributed by atoms with Crippen LogP contribution in [0.15, 0.2) is 22.7 Å². The summed E-state index contributed by atoms with van der Waals surface area (Å²) >= 11 is 8.47. The predicted molar refractivity (Wildman–Crippen MR) is 82.6 cm³/mol. The van der Waals surface area contributed by atoms with Gasteiger partial charge in [0, 0.05) is 22.3 Å². The van der Waals surface area contributed by atoms with Gasteiger partial charge in [0.05, 0.1) is 0 Å². The SMILES string of the molecule is CCC(C)(C)CNc1ccc(C(N)=S)cc1Br. The maximum atomic E-state index is 5.59. The van der Waals surface area contributed by atoms with E-state index < -0.39 is 0 Å². The van der Waals surface area contributed by atoms with Crippen LogP contribution < -0.4 is 11.1 Å². The van der Waals surface area contributed by atoms with E-state index in [0.717, 1.165) is 28.7 Å². The highest BCUT2D eigenvalue weighted by Gasteiger charge is 2.15. The Morgan fingerprint density at radius 2 is 2.12 bits per heavy atom. The van der Waals surface area contributed by atoms with Gasteiger partial charge in [-0.25, -0.2) is 0 Å². The van der Waals surface area contributed by atoms with Gasteiger partial charge >= 0.3 is 0 Å². The summed E-state index contributed by atoms with van der Waals surface area (Å²) in [6.07, 6.45) is 1.14. The summed E-state index contributed by atoms with van der Waals surface area (Å²) in [5.74, 6) is 0. The summed E-state index contributed by atoms with van der Waals surface area (Å²) < 4.78 is 0.995. The fourth-order valence-corrected chi connectivity index (χ4v) is 1.92. The lowest BCUT2D eigenvalue weighted by Crippen LogP contribution is -2.22. The lowest BCUT2D eigenvalue weighted by molar-refractivity contribution is 0.377. The third-order valence-corrected chi connectivity index (χ3v) is 3.86. The second-order valence-electron chi connectivity index (χ2n) is 4.93. The Hall–Kier alpha value is -0.610. The van der Waals surface area contributed by atoms with E-state index in [1.165, 1.54) is 0 Å². The molecule has 1 aromatic rings. The molecule has 94 valence electrons.